The molecule has 0 atom stereocenters. The molecule has 96 valence electrons. The summed E-state index contributed by atoms with van der Waals surface area (Å²) in [5.74, 6) is 0. The molecule has 0 radical (unpaired) electrons. The molecule has 1 fully saturated rings. The van der Waals surface area contributed by atoms with E-state index in [0.717, 1.165) is 30.0 Å². The molecule has 5 nitrogen and oxygen atoms in total. The summed E-state index contributed by atoms with van der Waals surface area (Å²) in [6.45, 7) is 3.41. The van der Waals surface area contributed by atoms with E-state index in [4.69, 9.17) is 0 Å². The maximum Gasteiger partial charge on any atom is 0.262 e. The summed E-state index contributed by atoms with van der Waals surface area (Å²) < 4.78 is 25.2. The second kappa shape index (κ2) is 5.33. The predicted octanol–water partition coefficient (Wildman–Crippen LogP) is -0.466. The first-order valence-electron chi connectivity index (χ1n) is 5.31. The van der Waals surface area contributed by atoms with Gasteiger partial charge >= 0.3 is 0 Å². The van der Waals surface area contributed by atoms with E-state index in [2.05, 4.69) is 27.8 Å². The molecule has 1 aliphatic rings. The molecule has 1 aliphatic heterocycles. The highest BCUT2D eigenvalue weighted by atomic mass is 79.9. The van der Waals surface area contributed by atoms with Gasteiger partial charge < -0.3 is 4.90 Å². The van der Waals surface area contributed by atoms with Gasteiger partial charge in [0.15, 0.2) is 0 Å². The summed E-state index contributed by atoms with van der Waals surface area (Å²) in [4.78, 5) is 4.06. The topological polar surface area (TPSA) is 53.9 Å². The van der Waals surface area contributed by atoms with Crippen LogP contribution in [-0.4, -0.2) is 46.7 Å². The number of nitrogens with one attached hydrogen (secondary N) is 2. The average Bonchev–Trinajstić information content (AvgIpc) is 2.69. The predicted molar refractivity (Wildman–Crippen MR) is 70.5 cm³/mol. The lowest BCUT2D eigenvalue weighted by molar-refractivity contribution is -0.884. The molecule has 0 spiro atoms. The second-order valence-electron chi connectivity index (χ2n) is 4.10. The van der Waals surface area contributed by atoms with Crippen molar-refractivity contribution in [3.05, 3.63) is 15.9 Å². The molecule has 2 N–H and O–H groups in total. The number of hydrogen-bond acceptors (Lipinski definition) is 4. The summed E-state index contributed by atoms with van der Waals surface area (Å²) >= 11 is 4.49. The summed E-state index contributed by atoms with van der Waals surface area (Å²) in [6, 6.07) is 3.35. The number of halogens is 1. The molecule has 1 saturated heterocycles. The molecule has 17 heavy (non-hydrogen) atoms. The van der Waals surface area contributed by atoms with Crippen LogP contribution in [0.25, 0.3) is 0 Å². The van der Waals surface area contributed by atoms with Crippen molar-refractivity contribution < 1.29 is 13.3 Å². The minimum Gasteiger partial charge on any atom is -0.335 e. The van der Waals surface area contributed by atoms with Crippen molar-refractivity contribution >= 4 is 37.3 Å². The quantitative estimate of drug-likeness (QED) is 0.782. The van der Waals surface area contributed by atoms with E-state index in [1.54, 1.807) is 17.1 Å². The van der Waals surface area contributed by atoms with E-state index in [-0.39, 0.29) is 0 Å². The first kappa shape index (κ1) is 13.4. The average molecular weight is 341 g/mol. The van der Waals surface area contributed by atoms with E-state index in [1.165, 1.54) is 16.2 Å². The van der Waals surface area contributed by atoms with Crippen LogP contribution in [-0.2, 0) is 10.0 Å². The van der Waals surface area contributed by atoms with Gasteiger partial charge in [0.05, 0.1) is 37.0 Å². The minimum atomic E-state index is -3.40. The van der Waals surface area contributed by atoms with Crippen LogP contribution < -0.4 is 9.73 Å². The number of quaternary nitrogens is 1. The number of thiophene rings is 1. The van der Waals surface area contributed by atoms with Crippen molar-refractivity contribution in [2.75, 3.05) is 33.2 Å². The molecule has 0 bridgehead atoms. The lowest BCUT2D eigenvalue weighted by Crippen LogP contribution is -3.12. The van der Waals surface area contributed by atoms with E-state index in [0.29, 0.717) is 4.21 Å². The van der Waals surface area contributed by atoms with E-state index < -0.39 is 10.0 Å². The lowest BCUT2D eigenvalue weighted by atomic mass is 10.4. The fourth-order valence-corrected chi connectivity index (χ4v) is 4.76. The van der Waals surface area contributed by atoms with E-state index in [9.17, 15) is 8.42 Å². The van der Waals surface area contributed by atoms with Crippen LogP contribution >= 0.6 is 27.3 Å². The lowest BCUT2D eigenvalue weighted by Gasteiger charge is -2.29. The van der Waals surface area contributed by atoms with Gasteiger partial charge in [-0.25, -0.2) is 13.4 Å². The summed E-state index contributed by atoms with van der Waals surface area (Å²) in [5, 5.41) is 1.77. The number of nitrogens with zero attached hydrogens (tertiary/aromatic N) is 1. The Balaban J connectivity index is 2.03. The van der Waals surface area contributed by atoms with Crippen LogP contribution in [0.15, 0.2) is 20.1 Å². The van der Waals surface area contributed by atoms with Crippen LogP contribution in [0.3, 0.4) is 0 Å². The first-order chi connectivity index (χ1) is 7.97. The first-order valence-corrected chi connectivity index (χ1v) is 8.41. The standard InChI is InChI=1S/C9H14BrN3O2S2/c1-12-4-6-13(7-5-12)11-17(14,15)9-3-2-8(10)16-9/h2-3,11H,4-7H2,1H3/p+1. The summed E-state index contributed by atoms with van der Waals surface area (Å²) in [6.07, 6.45) is 0. The highest BCUT2D eigenvalue weighted by Crippen LogP contribution is 2.25. The Morgan fingerprint density at radius 2 is 2.06 bits per heavy atom. The maximum absolute atomic E-state index is 12.0. The SMILES string of the molecule is C[NH+]1CCN(NS(=O)(=O)c2ccc(Br)s2)CC1. The van der Waals surface area contributed by atoms with E-state index >= 15 is 0 Å². The smallest absolute Gasteiger partial charge is 0.262 e. The van der Waals surface area contributed by atoms with Gasteiger partial charge in [0.2, 0.25) is 0 Å². The normalized spacial score (nSPS) is 19.6. The molecule has 0 aliphatic carbocycles. The zero-order valence-corrected chi connectivity index (χ0v) is 12.7. The number of hydrazine groups is 1. The third-order valence-electron chi connectivity index (χ3n) is 2.68. The minimum absolute atomic E-state index is 0.343. The van der Waals surface area contributed by atoms with E-state index in [1.807, 2.05) is 0 Å². The molecule has 0 saturated carbocycles. The number of sulfonamides is 1. The van der Waals surface area contributed by atoms with Crippen molar-refractivity contribution in [2.24, 2.45) is 0 Å². The number of piperazine rings is 1. The molecular formula is C9H15BrN3O2S2+. The van der Waals surface area contributed by atoms with Crippen LogP contribution in [0.4, 0.5) is 0 Å². The van der Waals surface area contributed by atoms with Gasteiger partial charge in [0.25, 0.3) is 10.0 Å². The molecule has 1 aromatic rings. The molecule has 1 aromatic heterocycles. The molecule has 0 aromatic carbocycles. The Bertz CT molecular complexity index is 480. The number of likely N-dealkylation sites (N-methyl/N-ethyl adjacent to an activating group) is 1. The molecular weight excluding hydrogens is 326 g/mol. The van der Waals surface area contributed by atoms with Crippen molar-refractivity contribution in [1.29, 1.82) is 0 Å². The van der Waals surface area contributed by atoms with Gasteiger partial charge in [0.1, 0.15) is 4.21 Å². The zero-order valence-electron chi connectivity index (χ0n) is 9.44. The zero-order chi connectivity index (χ0) is 12.5. The highest BCUT2D eigenvalue weighted by Gasteiger charge is 2.23. The molecule has 2 rings (SSSR count). The Labute approximate surface area is 114 Å². The monoisotopic (exact) mass is 340 g/mol. The van der Waals surface area contributed by atoms with Crippen molar-refractivity contribution in [2.45, 2.75) is 4.21 Å². The molecule has 8 heteroatoms. The van der Waals surface area contributed by atoms with Gasteiger partial charge in [-0.05, 0) is 28.1 Å². The van der Waals surface area contributed by atoms with Gasteiger partial charge in [-0.15, -0.1) is 16.2 Å². The Morgan fingerprint density at radius 1 is 1.41 bits per heavy atom. The molecule has 2 heterocycles. The van der Waals surface area contributed by atoms with Crippen LogP contribution in [0, 0.1) is 0 Å². The maximum atomic E-state index is 12.0. The van der Waals surface area contributed by atoms with Crippen molar-refractivity contribution in [3.8, 4) is 0 Å². The van der Waals surface area contributed by atoms with Gasteiger partial charge in [0, 0.05) is 0 Å². The summed E-state index contributed by atoms with van der Waals surface area (Å²) in [7, 11) is -1.29. The van der Waals surface area contributed by atoms with Crippen molar-refractivity contribution in [3.63, 3.8) is 0 Å². The Hall–Kier alpha value is 0.01000. The highest BCUT2D eigenvalue weighted by molar-refractivity contribution is 9.11. The third kappa shape index (κ3) is 3.49. The van der Waals surface area contributed by atoms with Crippen molar-refractivity contribution in [1.82, 2.24) is 9.84 Å². The number of hydrogen-bond donors (Lipinski definition) is 2. The number of rotatable bonds is 3. The Kier molecular flexibility index (Phi) is 4.22. The van der Waals surface area contributed by atoms with Gasteiger partial charge in [-0.2, -0.15) is 0 Å². The molecule has 0 unspecified atom stereocenters. The fraction of sp³-hybridized carbons (Fsp3) is 0.556. The summed E-state index contributed by atoms with van der Waals surface area (Å²) in [5.41, 5.74) is 0. The van der Waals surface area contributed by atoms with Gasteiger partial charge in [-0.1, -0.05) is 0 Å². The van der Waals surface area contributed by atoms with Crippen LogP contribution in [0.5, 0.6) is 0 Å². The fourth-order valence-electron chi connectivity index (χ4n) is 1.64. The van der Waals surface area contributed by atoms with Gasteiger partial charge in [-0.3, -0.25) is 0 Å². The van der Waals surface area contributed by atoms with Crippen LogP contribution in [0.1, 0.15) is 0 Å². The largest absolute Gasteiger partial charge is 0.335 e. The van der Waals surface area contributed by atoms with Crippen LogP contribution in [0.2, 0.25) is 0 Å². The Morgan fingerprint density at radius 3 is 2.59 bits per heavy atom. The molecule has 0 amide bonds. The third-order valence-corrected chi connectivity index (χ3v) is 6.17. The second-order valence-corrected chi connectivity index (χ2v) is 8.45.